The van der Waals surface area contributed by atoms with Crippen molar-refractivity contribution in [1.82, 2.24) is 15.3 Å². The molecular formula is C20H17N3O. The van der Waals surface area contributed by atoms with Gasteiger partial charge in [-0.05, 0) is 35.4 Å². The number of carbonyl (C=O) groups is 1. The van der Waals surface area contributed by atoms with E-state index in [4.69, 9.17) is 0 Å². The quantitative estimate of drug-likeness (QED) is 0.733. The van der Waals surface area contributed by atoms with Gasteiger partial charge in [-0.25, -0.2) is 0 Å². The third kappa shape index (κ3) is 4.36. The van der Waals surface area contributed by atoms with Gasteiger partial charge in [-0.2, -0.15) is 0 Å². The van der Waals surface area contributed by atoms with Gasteiger partial charge in [0.05, 0.1) is 5.69 Å². The average Bonchev–Trinajstić information content (AvgIpc) is 2.67. The summed E-state index contributed by atoms with van der Waals surface area (Å²) in [5.41, 5.74) is 3.78. The maximum Gasteiger partial charge on any atom is 0.244 e. The van der Waals surface area contributed by atoms with Crippen molar-refractivity contribution in [2.75, 3.05) is 0 Å². The van der Waals surface area contributed by atoms with Crippen LogP contribution < -0.4 is 5.32 Å². The summed E-state index contributed by atoms with van der Waals surface area (Å²) >= 11 is 0. The molecule has 1 amide bonds. The molecule has 0 atom stereocenters. The minimum absolute atomic E-state index is 0.129. The zero-order chi connectivity index (χ0) is 16.6. The van der Waals surface area contributed by atoms with Crippen LogP contribution in [0.3, 0.4) is 0 Å². The van der Waals surface area contributed by atoms with E-state index >= 15 is 0 Å². The Morgan fingerprint density at radius 1 is 1.00 bits per heavy atom. The van der Waals surface area contributed by atoms with Crippen molar-refractivity contribution in [1.29, 1.82) is 0 Å². The minimum Gasteiger partial charge on any atom is -0.348 e. The third-order valence-electron chi connectivity index (χ3n) is 3.48. The lowest BCUT2D eigenvalue weighted by molar-refractivity contribution is -0.116. The van der Waals surface area contributed by atoms with Crippen LogP contribution in [0.25, 0.3) is 17.3 Å². The Bertz CT molecular complexity index is 813. The van der Waals surface area contributed by atoms with Crippen LogP contribution in [0.5, 0.6) is 0 Å². The highest BCUT2D eigenvalue weighted by Crippen LogP contribution is 2.15. The van der Waals surface area contributed by atoms with E-state index in [1.165, 1.54) is 6.08 Å². The Morgan fingerprint density at radius 3 is 2.58 bits per heavy atom. The van der Waals surface area contributed by atoms with Crippen molar-refractivity contribution in [2.24, 2.45) is 0 Å². The van der Waals surface area contributed by atoms with Gasteiger partial charge in [-0.1, -0.05) is 36.4 Å². The van der Waals surface area contributed by atoms with Crippen LogP contribution in [-0.2, 0) is 11.3 Å². The fourth-order valence-corrected chi connectivity index (χ4v) is 2.20. The van der Waals surface area contributed by atoms with E-state index in [9.17, 15) is 4.79 Å². The van der Waals surface area contributed by atoms with E-state index in [1.807, 2.05) is 54.6 Å². The summed E-state index contributed by atoms with van der Waals surface area (Å²) in [6.07, 6.45) is 8.60. The molecule has 0 saturated carbocycles. The van der Waals surface area contributed by atoms with Crippen LogP contribution in [0.15, 0.2) is 79.3 Å². The molecule has 4 heteroatoms. The van der Waals surface area contributed by atoms with E-state index in [0.717, 1.165) is 22.4 Å². The summed E-state index contributed by atoms with van der Waals surface area (Å²) in [6, 6.07) is 17.4. The molecule has 2 heterocycles. The van der Waals surface area contributed by atoms with Gasteiger partial charge in [0.1, 0.15) is 0 Å². The molecule has 1 aromatic carbocycles. The van der Waals surface area contributed by atoms with E-state index in [2.05, 4.69) is 15.3 Å². The number of nitrogens with zero attached hydrogens (tertiary/aromatic N) is 2. The number of carbonyl (C=O) groups excluding carboxylic acids is 1. The molecule has 0 radical (unpaired) electrons. The number of nitrogens with one attached hydrogen (secondary N) is 1. The smallest absolute Gasteiger partial charge is 0.244 e. The molecule has 3 aromatic rings. The fourth-order valence-electron chi connectivity index (χ4n) is 2.20. The lowest BCUT2D eigenvalue weighted by atomic mass is 10.1. The van der Waals surface area contributed by atoms with Crippen molar-refractivity contribution in [3.05, 3.63) is 90.4 Å². The normalized spacial score (nSPS) is 10.7. The van der Waals surface area contributed by atoms with Gasteiger partial charge in [-0.15, -0.1) is 0 Å². The summed E-state index contributed by atoms with van der Waals surface area (Å²) in [7, 11) is 0. The monoisotopic (exact) mass is 315 g/mol. The molecule has 0 bridgehead atoms. The molecule has 0 spiro atoms. The topological polar surface area (TPSA) is 54.9 Å². The Kier molecular flexibility index (Phi) is 5.10. The van der Waals surface area contributed by atoms with E-state index in [-0.39, 0.29) is 5.91 Å². The zero-order valence-electron chi connectivity index (χ0n) is 13.1. The second-order valence-electron chi connectivity index (χ2n) is 5.26. The molecule has 4 nitrogen and oxygen atoms in total. The molecule has 0 aliphatic rings. The summed E-state index contributed by atoms with van der Waals surface area (Å²) in [5, 5.41) is 2.85. The first kappa shape index (κ1) is 15.6. The number of pyridine rings is 2. The van der Waals surface area contributed by atoms with Crippen LogP contribution in [0.4, 0.5) is 0 Å². The Balaban J connectivity index is 1.55. The van der Waals surface area contributed by atoms with Gasteiger partial charge in [0, 0.05) is 36.8 Å². The lowest BCUT2D eigenvalue weighted by Crippen LogP contribution is -2.20. The van der Waals surface area contributed by atoms with E-state index in [1.54, 1.807) is 24.7 Å². The van der Waals surface area contributed by atoms with Crippen molar-refractivity contribution in [3.63, 3.8) is 0 Å². The van der Waals surface area contributed by atoms with Crippen molar-refractivity contribution in [2.45, 2.75) is 6.54 Å². The van der Waals surface area contributed by atoms with E-state index in [0.29, 0.717) is 6.54 Å². The number of aromatic nitrogens is 2. The SMILES string of the molecule is O=C(/C=C/c1ccccc1)NCc1ccc(-c2cccnc2)nc1. The van der Waals surface area contributed by atoms with Gasteiger partial charge in [0.25, 0.3) is 0 Å². The predicted molar refractivity (Wildman–Crippen MR) is 94.8 cm³/mol. The molecule has 2 aromatic heterocycles. The lowest BCUT2D eigenvalue weighted by Gasteiger charge is -2.04. The standard InChI is InChI=1S/C20H17N3O/c24-20(11-9-16-5-2-1-3-6-16)23-14-17-8-10-19(22-13-17)18-7-4-12-21-15-18/h1-13,15H,14H2,(H,23,24)/b11-9+. The molecule has 0 aliphatic carbocycles. The molecule has 0 saturated heterocycles. The first-order chi connectivity index (χ1) is 11.8. The Labute approximate surface area is 140 Å². The fraction of sp³-hybridized carbons (Fsp3) is 0.0500. The summed E-state index contributed by atoms with van der Waals surface area (Å²) in [4.78, 5) is 20.3. The Hall–Kier alpha value is -3.27. The second kappa shape index (κ2) is 7.83. The minimum atomic E-state index is -0.129. The molecule has 3 rings (SSSR count). The first-order valence-electron chi connectivity index (χ1n) is 7.67. The second-order valence-corrected chi connectivity index (χ2v) is 5.26. The molecule has 0 fully saturated rings. The van der Waals surface area contributed by atoms with Gasteiger partial charge in [0.15, 0.2) is 0 Å². The van der Waals surface area contributed by atoms with Crippen molar-refractivity contribution >= 4 is 12.0 Å². The summed E-state index contributed by atoms with van der Waals surface area (Å²) in [6.45, 7) is 0.443. The number of amides is 1. The summed E-state index contributed by atoms with van der Waals surface area (Å²) < 4.78 is 0. The van der Waals surface area contributed by atoms with Crippen molar-refractivity contribution < 1.29 is 4.79 Å². The molecular weight excluding hydrogens is 298 g/mol. The zero-order valence-corrected chi connectivity index (χ0v) is 13.1. The molecule has 24 heavy (non-hydrogen) atoms. The van der Waals surface area contributed by atoms with Crippen LogP contribution in [-0.4, -0.2) is 15.9 Å². The highest BCUT2D eigenvalue weighted by Gasteiger charge is 2.01. The molecule has 118 valence electrons. The van der Waals surface area contributed by atoms with Crippen molar-refractivity contribution in [3.8, 4) is 11.3 Å². The summed E-state index contributed by atoms with van der Waals surface area (Å²) in [5.74, 6) is -0.129. The van der Waals surface area contributed by atoms with Crippen LogP contribution >= 0.6 is 0 Å². The molecule has 0 aliphatic heterocycles. The number of rotatable bonds is 5. The number of hydrogen-bond acceptors (Lipinski definition) is 3. The van der Waals surface area contributed by atoms with Crippen LogP contribution in [0, 0.1) is 0 Å². The largest absolute Gasteiger partial charge is 0.348 e. The average molecular weight is 315 g/mol. The maximum atomic E-state index is 11.9. The van der Waals surface area contributed by atoms with Gasteiger partial charge < -0.3 is 5.32 Å². The highest BCUT2D eigenvalue weighted by atomic mass is 16.1. The molecule has 1 N–H and O–H groups in total. The van der Waals surface area contributed by atoms with Crippen LogP contribution in [0.1, 0.15) is 11.1 Å². The van der Waals surface area contributed by atoms with Gasteiger partial charge in [0.2, 0.25) is 5.91 Å². The van der Waals surface area contributed by atoms with Gasteiger partial charge in [-0.3, -0.25) is 14.8 Å². The van der Waals surface area contributed by atoms with Gasteiger partial charge >= 0.3 is 0 Å². The Morgan fingerprint density at radius 2 is 1.88 bits per heavy atom. The number of hydrogen-bond donors (Lipinski definition) is 1. The molecule has 0 unspecified atom stereocenters. The third-order valence-corrected chi connectivity index (χ3v) is 3.48. The van der Waals surface area contributed by atoms with Crippen LogP contribution in [0.2, 0.25) is 0 Å². The number of benzene rings is 1. The highest BCUT2D eigenvalue weighted by molar-refractivity contribution is 5.91. The predicted octanol–water partition coefficient (Wildman–Crippen LogP) is 3.47. The maximum absolute atomic E-state index is 11.9. The first-order valence-corrected chi connectivity index (χ1v) is 7.67. The van der Waals surface area contributed by atoms with E-state index < -0.39 is 0 Å².